The molecule has 1 fully saturated rings. The molecule has 0 radical (unpaired) electrons. The molecule has 0 unspecified atom stereocenters. The highest BCUT2D eigenvalue weighted by molar-refractivity contribution is 5.65. The van der Waals surface area contributed by atoms with Crippen LogP contribution in [-0.2, 0) is 6.61 Å². The summed E-state index contributed by atoms with van der Waals surface area (Å²) in [6.07, 6.45) is 5.46. The molecule has 4 rings (SSSR count). The number of benzene rings is 3. The molecule has 0 heterocycles. The Labute approximate surface area is 203 Å². The molecule has 0 amide bonds. The molecule has 1 saturated carbocycles. The third-order valence-electron chi connectivity index (χ3n) is 6.63. The van der Waals surface area contributed by atoms with Crippen LogP contribution in [0.15, 0.2) is 61.2 Å². The molecule has 184 valence electrons. The molecule has 1 aliphatic carbocycles. The molecule has 1 aliphatic rings. The van der Waals surface area contributed by atoms with Gasteiger partial charge in [0.2, 0.25) is 11.6 Å². The molecule has 6 heteroatoms. The Kier molecular flexibility index (Phi) is 7.79. The summed E-state index contributed by atoms with van der Waals surface area (Å²) in [4.78, 5) is 0. The average molecular weight is 485 g/mol. The highest BCUT2D eigenvalue weighted by atomic mass is 19.2. The van der Waals surface area contributed by atoms with Crippen molar-refractivity contribution < 1.29 is 27.0 Å². The largest absolute Gasteiger partial charge is 0.491 e. The molecule has 0 bridgehead atoms. The number of allylic oxidation sites excluding steroid dienone is 1. The van der Waals surface area contributed by atoms with Crippen LogP contribution in [0.25, 0.3) is 11.1 Å². The topological polar surface area (TPSA) is 18.5 Å². The lowest BCUT2D eigenvalue weighted by molar-refractivity contribution is 0.274. The Morgan fingerprint density at radius 2 is 1.40 bits per heavy atom. The van der Waals surface area contributed by atoms with Crippen molar-refractivity contribution in [1.82, 2.24) is 0 Å². The van der Waals surface area contributed by atoms with Crippen LogP contribution in [0.1, 0.15) is 49.7 Å². The van der Waals surface area contributed by atoms with Crippen LogP contribution < -0.4 is 9.47 Å². The van der Waals surface area contributed by atoms with Gasteiger partial charge in [-0.2, -0.15) is 8.78 Å². The van der Waals surface area contributed by atoms with E-state index < -0.39 is 23.3 Å². The fraction of sp³-hybridized carbons (Fsp3) is 0.310. The number of hydrogen-bond donors (Lipinski definition) is 0. The van der Waals surface area contributed by atoms with Gasteiger partial charge in [-0.25, -0.2) is 8.78 Å². The maximum Gasteiger partial charge on any atom is 0.204 e. The van der Waals surface area contributed by atoms with Crippen molar-refractivity contribution in [1.29, 1.82) is 0 Å². The van der Waals surface area contributed by atoms with E-state index in [0.29, 0.717) is 22.6 Å². The van der Waals surface area contributed by atoms with E-state index >= 15 is 0 Å². The zero-order valence-electron chi connectivity index (χ0n) is 19.6. The summed E-state index contributed by atoms with van der Waals surface area (Å²) in [5, 5.41) is 0. The van der Waals surface area contributed by atoms with E-state index in [1.807, 2.05) is 6.08 Å². The van der Waals surface area contributed by atoms with Gasteiger partial charge in [-0.15, -0.1) is 6.58 Å². The van der Waals surface area contributed by atoms with Gasteiger partial charge in [0, 0.05) is 5.56 Å². The second-order valence-corrected chi connectivity index (χ2v) is 8.79. The summed E-state index contributed by atoms with van der Waals surface area (Å²) in [6, 6.07) is 12.6. The Balaban J connectivity index is 1.45. The van der Waals surface area contributed by atoms with E-state index in [-0.39, 0.29) is 36.2 Å². The normalized spacial score (nSPS) is 17.7. The van der Waals surface area contributed by atoms with Gasteiger partial charge in [-0.3, -0.25) is 0 Å². The van der Waals surface area contributed by atoms with Crippen molar-refractivity contribution in [3.63, 3.8) is 0 Å². The number of rotatable bonds is 8. The summed E-state index contributed by atoms with van der Waals surface area (Å²) < 4.78 is 68.6. The van der Waals surface area contributed by atoms with Gasteiger partial charge in [-0.1, -0.05) is 42.5 Å². The molecule has 3 aromatic carbocycles. The van der Waals surface area contributed by atoms with Crippen LogP contribution in [0, 0.1) is 29.2 Å². The van der Waals surface area contributed by atoms with E-state index in [0.717, 1.165) is 25.7 Å². The van der Waals surface area contributed by atoms with Gasteiger partial charge in [0.05, 0.1) is 6.61 Å². The Bertz CT molecular complexity index is 1180. The van der Waals surface area contributed by atoms with E-state index in [1.54, 1.807) is 43.3 Å². The molecular formula is C29H28F4O2. The highest BCUT2D eigenvalue weighted by Crippen LogP contribution is 2.39. The Hall–Kier alpha value is -3.28. The lowest BCUT2D eigenvalue weighted by Crippen LogP contribution is -2.13. The number of hydrogen-bond acceptors (Lipinski definition) is 2. The standard InChI is InChI=1S/C29H28F4O2/c1-3-18-5-9-20(10-6-18)22-13-14-23(27(31)26(22)30)21-11-7-19(8-12-21)17-35-25-16-15-24(34-4-2)28(32)29(25)33/h3,7-8,11-16,18,20H,1,4-6,9-10,17H2,2H3. The molecule has 0 aromatic heterocycles. The van der Waals surface area contributed by atoms with E-state index in [9.17, 15) is 17.6 Å². The zero-order chi connectivity index (χ0) is 24.9. The summed E-state index contributed by atoms with van der Waals surface area (Å²) in [6.45, 7) is 5.70. The molecule has 0 atom stereocenters. The smallest absolute Gasteiger partial charge is 0.204 e. The number of halogens is 4. The minimum absolute atomic E-state index is 0.0158. The Morgan fingerprint density at radius 3 is 2.00 bits per heavy atom. The molecule has 35 heavy (non-hydrogen) atoms. The maximum absolute atomic E-state index is 15.0. The van der Waals surface area contributed by atoms with Crippen LogP contribution >= 0.6 is 0 Å². The van der Waals surface area contributed by atoms with Gasteiger partial charge in [0.15, 0.2) is 23.1 Å². The maximum atomic E-state index is 15.0. The molecule has 3 aromatic rings. The van der Waals surface area contributed by atoms with Crippen molar-refractivity contribution in [3.8, 4) is 22.6 Å². The van der Waals surface area contributed by atoms with Gasteiger partial charge in [0.25, 0.3) is 0 Å². The van der Waals surface area contributed by atoms with Crippen molar-refractivity contribution in [2.24, 2.45) is 5.92 Å². The predicted octanol–water partition coefficient (Wildman–Crippen LogP) is 8.35. The highest BCUT2D eigenvalue weighted by Gasteiger charge is 2.25. The Morgan fingerprint density at radius 1 is 0.771 bits per heavy atom. The molecule has 0 spiro atoms. The van der Waals surface area contributed by atoms with Gasteiger partial charge < -0.3 is 9.47 Å². The van der Waals surface area contributed by atoms with Crippen LogP contribution in [0.3, 0.4) is 0 Å². The lowest BCUT2D eigenvalue weighted by atomic mass is 9.78. The first-order valence-corrected chi connectivity index (χ1v) is 11.9. The summed E-state index contributed by atoms with van der Waals surface area (Å²) in [5.41, 5.74) is 1.80. The van der Waals surface area contributed by atoms with E-state index in [1.165, 1.54) is 12.1 Å². The van der Waals surface area contributed by atoms with Crippen LogP contribution in [0.4, 0.5) is 17.6 Å². The predicted molar refractivity (Wildman–Crippen MR) is 129 cm³/mol. The van der Waals surface area contributed by atoms with Crippen molar-refractivity contribution in [2.45, 2.75) is 45.1 Å². The van der Waals surface area contributed by atoms with Crippen LogP contribution in [-0.4, -0.2) is 6.61 Å². The summed E-state index contributed by atoms with van der Waals surface area (Å²) >= 11 is 0. The second kappa shape index (κ2) is 11.0. The van der Waals surface area contributed by atoms with Crippen molar-refractivity contribution >= 4 is 0 Å². The third kappa shape index (κ3) is 5.37. The van der Waals surface area contributed by atoms with Crippen molar-refractivity contribution in [3.05, 3.63) is 95.6 Å². The van der Waals surface area contributed by atoms with Gasteiger partial charge in [-0.05, 0) is 73.3 Å². The zero-order valence-corrected chi connectivity index (χ0v) is 19.6. The first kappa shape index (κ1) is 24.8. The summed E-state index contributed by atoms with van der Waals surface area (Å²) in [5.74, 6) is -3.81. The molecule has 0 saturated heterocycles. The second-order valence-electron chi connectivity index (χ2n) is 8.79. The van der Waals surface area contributed by atoms with Crippen LogP contribution in [0.2, 0.25) is 0 Å². The average Bonchev–Trinajstić information content (AvgIpc) is 2.88. The molecule has 0 N–H and O–H groups in total. The van der Waals surface area contributed by atoms with E-state index in [2.05, 4.69) is 6.58 Å². The first-order chi connectivity index (χ1) is 16.9. The van der Waals surface area contributed by atoms with Gasteiger partial charge >= 0.3 is 0 Å². The fourth-order valence-electron chi connectivity index (χ4n) is 4.60. The molecule has 0 aliphatic heterocycles. The third-order valence-corrected chi connectivity index (χ3v) is 6.63. The van der Waals surface area contributed by atoms with Gasteiger partial charge in [0.1, 0.15) is 6.61 Å². The number of ether oxygens (including phenoxy) is 2. The monoisotopic (exact) mass is 484 g/mol. The van der Waals surface area contributed by atoms with Crippen molar-refractivity contribution in [2.75, 3.05) is 6.61 Å². The van der Waals surface area contributed by atoms with E-state index in [4.69, 9.17) is 9.47 Å². The quantitative estimate of drug-likeness (QED) is 0.236. The summed E-state index contributed by atoms with van der Waals surface area (Å²) in [7, 11) is 0. The molecular weight excluding hydrogens is 456 g/mol. The minimum Gasteiger partial charge on any atom is -0.491 e. The minimum atomic E-state index is -1.12. The lowest BCUT2D eigenvalue weighted by Gasteiger charge is -2.27. The first-order valence-electron chi connectivity index (χ1n) is 11.9. The fourth-order valence-corrected chi connectivity index (χ4v) is 4.60. The van der Waals surface area contributed by atoms with Crippen LogP contribution in [0.5, 0.6) is 11.5 Å². The SMILES string of the molecule is C=CC1CCC(c2ccc(-c3ccc(COc4ccc(OCC)c(F)c4F)cc3)c(F)c2F)CC1. The molecule has 2 nitrogen and oxygen atoms in total.